The molecule has 1 unspecified atom stereocenters. The number of allylic oxidation sites excluding steroid dienone is 3. The minimum atomic E-state index is -0.537. The van der Waals surface area contributed by atoms with Gasteiger partial charge in [-0.1, -0.05) is 24.3 Å². The van der Waals surface area contributed by atoms with Crippen LogP contribution in [0.15, 0.2) is 40.9 Å². The first-order valence-corrected chi connectivity index (χ1v) is 10.2. The maximum atomic E-state index is 13.9. The topological polar surface area (TPSA) is 127 Å². The van der Waals surface area contributed by atoms with Gasteiger partial charge in [-0.25, -0.2) is 9.37 Å². The van der Waals surface area contributed by atoms with Crippen LogP contribution in [-0.4, -0.2) is 28.5 Å². The molecule has 2 aromatic rings. The van der Waals surface area contributed by atoms with Gasteiger partial charge in [0.1, 0.15) is 16.9 Å². The van der Waals surface area contributed by atoms with Crippen molar-refractivity contribution in [3.05, 3.63) is 68.4 Å². The van der Waals surface area contributed by atoms with E-state index in [1.807, 2.05) is 12.1 Å². The number of aromatic nitrogens is 1. The molecule has 1 atom stereocenters. The standard InChI is InChI=1S/C21H24FN5O2S/c1-11-3-4-14(8-16(11)22)13-5-6-15(7-13)19(29)27-17(9-25-21(23)24)20-26-12(2)18(10-28)30-20/h3-6,8,17,28H,7,9-10H2,1-2H3,(H,27,29)(H4,23,24,25). The number of thiazole rings is 1. The third kappa shape index (κ3) is 4.92. The van der Waals surface area contributed by atoms with Gasteiger partial charge in [-0.05, 0) is 36.6 Å². The highest BCUT2D eigenvalue weighted by molar-refractivity contribution is 7.11. The second-order valence-electron chi connectivity index (χ2n) is 7.03. The van der Waals surface area contributed by atoms with Crippen LogP contribution in [0.4, 0.5) is 4.39 Å². The van der Waals surface area contributed by atoms with Gasteiger partial charge in [0, 0.05) is 12.0 Å². The average Bonchev–Trinajstić information content (AvgIpc) is 3.34. The first-order chi connectivity index (χ1) is 14.3. The summed E-state index contributed by atoms with van der Waals surface area (Å²) in [4.78, 5) is 22.0. The smallest absolute Gasteiger partial charge is 0.248 e. The number of amides is 1. The van der Waals surface area contributed by atoms with Gasteiger partial charge in [-0.2, -0.15) is 0 Å². The Kier molecular flexibility index (Phi) is 6.63. The van der Waals surface area contributed by atoms with Gasteiger partial charge in [-0.3, -0.25) is 9.79 Å². The van der Waals surface area contributed by atoms with E-state index in [-0.39, 0.29) is 30.8 Å². The molecule has 0 aliphatic heterocycles. The Balaban J connectivity index is 1.72. The molecule has 6 N–H and O–H groups in total. The fourth-order valence-corrected chi connectivity index (χ4v) is 4.02. The van der Waals surface area contributed by atoms with Crippen LogP contribution >= 0.6 is 11.3 Å². The number of carbonyl (C=O) groups excluding carboxylic acids is 1. The van der Waals surface area contributed by atoms with Crippen molar-refractivity contribution in [3.63, 3.8) is 0 Å². The summed E-state index contributed by atoms with van der Waals surface area (Å²) in [5, 5.41) is 13.0. The Bertz CT molecular complexity index is 1050. The molecule has 0 spiro atoms. The first kappa shape index (κ1) is 21.7. The number of aliphatic imine (C=N–C) groups is 1. The SMILES string of the molecule is Cc1ccc(C2=CC=C(C(=O)NC(CN=C(N)N)c3nc(C)c(CO)s3)C2)cc1F. The van der Waals surface area contributed by atoms with E-state index in [9.17, 15) is 14.3 Å². The van der Waals surface area contributed by atoms with Crippen LogP contribution in [0.3, 0.4) is 0 Å². The van der Waals surface area contributed by atoms with Crippen molar-refractivity contribution in [2.75, 3.05) is 6.54 Å². The monoisotopic (exact) mass is 429 g/mol. The van der Waals surface area contributed by atoms with Gasteiger partial charge >= 0.3 is 0 Å². The molecule has 1 aliphatic carbocycles. The average molecular weight is 430 g/mol. The maximum Gasteiger partial charge on any atom is 0.248 e. The van der Waals surface area contributed by atoms with Crippen molar-refractivity contribution in [2.24, 2.45) is 16.5 Å². The Morgan fingerprint density at radius 1 is 1.37 bits per heavy atom. The maximum absolute atomic E-state index is 13.9. The molecular weight excluding hydrogens is 405 g/mol. The number of nitrogens with two attached hydrogens (primary N) is 2. The molecule has 9 heteroatoms. The molecule has 7 nitrogen and oxygen atoms in total. The van der Waals surface area contributed by atoms with Gasteiger partial charge in [0.25, 0.3) is 0 Å². The van der Waals surface area contributed by atoms with E-state index in [1.165, 1.54) is 17.4 Å². The summed E-state index contributed by atoms with van der Waals surface area (Å²) in [7, 11) is 0. The number of rotatable bonds is 7. The Hall–Kier alpha value is -3.04. The van der Waals surface area contributed by atoms with Crippen molar-refractivity contribution < 1.29 is 14.3 Å². The summed E-state index contributed by atoms with van der Waals surface area (Å²) in [6.45, 7) is 3.50. The zero-order valence-corrected chi connectivity index (χ0v) is 17.6. The molecule has 0 saturated heterocycles. The van der Waals surface area contributed by atoms with Crippen LogP contribution in [0.2, 0.25) is 0 Å². The van der Waals surface area contributed by atoms with Crippen molar-refractivity contribution in [2.45, 2.75) is 32.9 Å². The van der Waals surface area contributed by atoms with Crippen molar-refractivity contribution >= 4 is 28.8 Å². The molecule has 30 heavy (non-hydrogen) atoms. The molecule has 1 heterocycles. The Labute approximate surface area is 178 Å². The van der Waals surface area contributed by atoms with Crippen LogP contribution in [-0.2, 0) is 11.4 Å². The van der Waals surface area contributed by atoms with Crippen molar-refractivity contribution in [1.82, 2.24) is 10.3 Å². The van der Waals surface area contributed by atoms with Crippen molar-refractivity contribution in [1.29, 1.82) is 0 Å². The summed E-state index contributed by atoms with van der Waals surface area (Å²) in [5.74, 6) is -0.638. The number of benzene rings is 1. The number of hydrogen-bond donors (Lipinski definition) is 4. The van der Waals surface area contributed by atoms with Gasteiger partial charge in [0.2, 0.25) is 5.91 Å². The number of nitrogens with one attached hydrogen (secondary N) is 1. The zero-order chi connectivity index (χ0) is 21.8. The summed E-state index contributed by atoms with van der Waals surface area (Å²) in [5.41, 5.74) is 14.3. The van der Waals surface area contributed by atoms with Gasteiger partial charge < -0.3 is 21.9 Å². The number of halogens is 1. The predicted octanol–water partition coefficient (Wildman–Crippen LogP) is 2.24. The normalized spacial score (nSPS) is 14.1. The minimum Gasteiger partial charge on any atom is -0.391 e. The number of nitrogens with zero attached hydrogens (tertiary/aromatic N) is 2. The summed E-state index contributed by atoms with van der Waals surface area (Å²) in [6, 6.07) is 4.50. The zero-order valence-electron chi connectivity index (χ0n) is 16.8. The van der Waals surface area contributed by atoms with E-state index in [0.29, 0.717) is 28.3 Å². The highest BCUT2D eigenvalue weighted by Crippen LogP contribution is 2.30. The largest absolute Gasteiger partial charge is 0.391 e. The summed E-state index contributed by atoms with van der Waals surface area (Å²) < 4.78 is 13.9. The fraction of sp³-hybridized carbons (Fsp3) is 0.286. The van der Waals surface area contributed by atoms with Gasteiger partial charge in [0.05, 0.1) is 23.7 Å². The number of guanidine groups is 1. The Morgan fingerprint density at radius 2 is 2.13 bits per heavy atom. The van der Waals surface area contributed by atoms with Crippen LogP contribution < -0.4 is 16.8 Å². The highest BCUT2D eigenvalue weighted by Gasteiger charge is 2.23. The molecule has 0 fully saturated rings. The van der Waals surface area contributed by atoms with Gasteiger partial charge in [-0.15, -0.1) is 11.3 Å². The molecule has 0 radical (unpaired) electrons. The second kappa shape index (κ2) is 9.19. The quantitative estimate of drug-likeness (QED) is 0.397. The summed E-state index contributed by atoms with van der Waals surface area (Å²) in [6.07, 6.45) is 3.94. The molecule has 1 aromatic carbocycles. The molecule has 3 rings (SSSR count). The van der Waals surface area contributed by atoms with E-state index in [2.05, 4.69) is 15.3 Å². The van der Waals surface area contributed by atoms with E-state index < -0.39 is 6.04 Å². The van der Waals surface area contributed by atoms with Crippen LogP contribution in [0.25, 0.3) is 5.57 Å². The van der Waals surface area contributed by atoms with E-state index in [1.54, 1.807) is 26.0 Å². The number of aliphatic hydroxyl groups is 1. The molecule has 1 aliphatic rings. The number of aryl methyl sites for hydroxylation is 2. The van der Waals surface area contributed by atoms with Crippen LogP contribution in [0.1, 0.15) is 39.2 Å². The molecule has 0 saturated carbocycles. The predicted molar refractivity (Wildman–Crippen MR) is 116 cm³/mol. The number of hydrogen-bond acceptors (Lipinski definition) is 5. The lowest BCUT2D eigenvalue weighted by molar-refractivity contribution is -0.118. The van der Waals surface area contributed by atoms with Gasteiger partial charge in [0.15, 0.2) is 5.96 Å². The summed E-state index contributed by atoms with van der Waals surface area (Å²) >= 11 is 1.30. The number of carbonyl (C=O) groups is 1. The third-order valence-electron chi connectivity index (χ3n) is 4.81. The molecule has 1 aromatic heterocycles. The third-order valence-corrected chi connectivity index (χ3v) is 6.07. The second-order valence-corrected chi connectivity index (χ2v) is 8.15. The van der Waals surface area contributed by atoms with E-state index in [0.717, 1.165) is 16.0 Å². The van der Waals surface area contributed by atoms with Crippen molar-refractivity contribution in [3.8, 4) is 0 Å². The lowest BCUT2D eigenvalue weighted by atomic mass is 10.0. The van der Waals surface area contributed by atoms with Crippen LogP contribution in [0.5, 0.6) is 0 Å². The molecule has 1 amide bonds. The fourth-order valence-electron chi connectivity index (χ4n) is 3.05. The number of aliphatic hydroxyl groups excluding tert-OH is 1. The lowest BCUT2D eigenvalue weighted by Crippen LogP contribution is -2.33. The van der Waals surface area contributed by atoms with E-state index in [4.69, 9.17) is 11.5 Å². The lowest BCUT2D eigenvalue weighted by Gasteiger charge is -2.15. The Morgan fingerprint density at radius 3 is 2.77 bits per heavy atom. The molecule has 0 bridgehead atoms. The first-order valence-electron chi connectivity index (χ1n) is 9.38. The molecular formula is C21H24FN5O2S. The molecule has 158 valence electrons. The van der Waals surface area contributed by atoms with E-state index >= 15 is 0 Å². The van der Waals surface area contributed by atoms with Crippen LogP contribution in [0, 0.1) is 19.7 Å². The highest BCUT2D eigenvalue weighted by atomic mass is 32.1. The minimum absolute atomic E-state index is 0.0876.